The topological polar surface area (TPSA) is 41.5 Å². The first kappa shape index (κ1) is 23.4. The fourth-order valence-corrected chi connectivity index (χ4v) is 3.33. The van der Waals surface area contributed by atoms with Gasteiger partial charge >= 0.3 is 6.18 Å². The predicted molar refractivity (Wildman–Crippen MR) is 121 cm³/mol. The second-order valence-corrected chi connectivity index (χ2v) is 7.37. The van der Waals surface area contributed by atoms with Gasteiger partial charge in [0.15, 0.2) is 5.82 Å². The van der Waals surface area contributed by atoms with Crippen LogP contribution in [0.25, 0.3) is 0 Å². The predicted octanol–water partition coefficient (Wildman–Crippen LogP) is 6.38. The molecule has 0 unspecified atom stereocenters. The quantitative estimate of drug-likeness (QED) is 0.403. The van der Waals surface area contributed by atoms with Crippen LogP contribution in [0, 0.1) is 0 Å². The van der Waals surface area contributed by atoms with Gasteiger partial charge in [-0.2, -0.15) is 18.2 Å². The van der Waals surface area contributed by atoms with E-state index >= 15 is 0 Å². The molecule has 0 aliphatic carbocycles. The fourth-order valence-electron chi connectivity index (χ4n) is 3.33. The van der Waals surface area contributed by atoms with Gasteiger partial charge in [0.2, 0.25) is 5.95 Å². The molecule has 32 heavy (non-hydrogen) atoms. The van der Waals surface area contributed by atoms with Crippen molar-refractivity contribution in [2.75, 3.05) is 30.5 Å². The smallest absolute Gasteiger partial charge is 0.421 e. The number of ether oxygens (including phenoxy) is 1. The molecule has 0 saturated carbocycles. The molecule has 0 atom stereocenters. The van der Waals surface area contributed by atoms with Crippen LogP contribution in [0.4, 0.5) is 36.3 Å². The summed E-state index contributed by atoms with van der Waals surface area (Å²) in [5, 5.41) is 0. The van der Waals surface area contributed by atoms with Gasteiger partial charge in [-0.25, -0.2) is 4.98 Å². The molecule has 1 heterocycles. The Morgan fingerprint density at radius 1 is 0.875 bits per heavy atom. The maximum absolute atomic E-state index is 13.7. The van der Waals surface area contributed by atoms with Crippen LogP contribution in [0.3, 0.4) is 0 Å². The molecule has 0 amide bonds. The summed E-state index contributed by atoms with van der Waals surface area (Å²) in [7, 11) is 3.29. The lowest BCUT2D eigenvalue weighted by atomic mass is 10.1. The Bertz CT molecular complexity index is 1020. The Morgan fingerprint density at radius 2 is 1.47 bits per heavy atom. The molecule has 5 nitrogen and oxygen atoms in total. The van der Waals surface area contributed by atoms with E-state index in [9.17, 15) is 13.2 Å². The standard InChI is InChI=1S/C24H27F3N4O/c1-5-7-17-8-10-19(11-9-17)31(4)23-28-16-21(24(25,26)27)22(29-23)30(3)18-12-14-20(15-13-18)32-6-2/h8-16H,5-7H2,1-4H3. The Hall–Kier alpha value is -3.29. The summed E-state index contributed by atoms with van der Waals surface area (Å²) < 4.78 is 46.6. The molecule has 0 radical (unpaired) electrons. The van der Waals surface area contributed by atoms with Crippen LogP contribution in [0.1, 0.15) is 31.4 Å². The highest BCUT2D eigenvalue weighted by atomic mass is 19.4. The number of aryl methyl sites for hydroxylation is 1. The first-order chi connectivity index (χ1) is 15.2. The second-order valence-electron chi connectivity index (χ2n) is 7.37. The van der Waals surface area contributed by atoms with Crippen LogP contribution in [-0.4, -0.2) is 30.7 Å². The molecular formula is C24H27F3N4O. The van der Waals surface area contributed by atoms with Crippen molar-refractivity contribution in [3.8, 4) is 5.75 Å². The third kappa shape index (κ3) is 5.30. The first-order valence-corrected chi connectivity index (χ1v) is 10.5. The van der Waals surface area contributed by atoms with Crippen molar-refractivity contribution < 1.29 is 17.9 Å². The minimum atomic E-state index is -4.59. The largest absolute Gasteiger partial charge is 0.494 e. The van der Waals surface area contributed by atoms with Crippen LogP contribution >= 0.6 is 0 Å². The molecule has 3 rings (SSSR count). The molecular weight excluding hydrogens is 417 g/mol. The molecule has 0 N–H and O–H groups in total. The van der Waals surface area contributed by atoms with E-state index in [4.69, 9.17) is 4.74 Å². The van der Waals surface area contributed by atoms with E-state index in [1.54, 1.807) is 43.3 Å². The van der Waals surface area contributed by atoms with Crippen molar-refractivity contribution in [3.05, 3.63) is 65.9 Å². The number of anilines is 4. The average molecular weight is 445 g/mol. The highest BCUT2D eigenvalue weighted by molar-refractivity contribution is 5.66. The molecule has 1 aromatic heterocycles. The maximum Gasteiger partial charge on any atom is 0.421 e. The van der Waals surface area contributed by atoms with E-state index in [1.807, 2.05) is 31.2 Å². The van der Waals surface area contributed by atoms with Crippen LogP contribution in [0.5, 0.6) is 5.75 Å². The molecule has 0 bridgehead atoms. The number of alkyl halides is 3. The Morgan fingerprint density at radius 3 is 2.03 bits per heavy atom. The van der Waals surface area contributed by atoms with Crippen molar-refractivity contribution in [1.29, 1.82) is 0 Å². The van der Waals surface area contributed by atoms with Crippen molar-refractivity contribution in [2.45, 2.75) is 32.9 Å². The molecule has 0 aliphatic rings. The number of nitrogens with zero attached hydrogens (tertiary/aromatic N) is 4. The van der Waals surface area contributed by atoms with Crippen LogP contribution < -0.4 is 14.5 Å². The van der Waals surface area contributed by atoms with Crippen LogP contribution in [0.2, 0.25) is 0 Å². The SMILES string of the molecule is CCCc1ccc(N(C)c2ncc(C(F)(F)F)c(N(C)c3ccc(OCC)cc3)n2)cc1. The average Bonchev–Trinajstić information content (AvgIpc) is 2.78. The molecule has 0 fully saturated rings. The van der Waals surface area contributed by atoms with Crippen molar-refractivity contribution in [2.24, 2.45) is 0 Å². The molecule has 170 valence electrons. The minimum Gasteiger partial charge on any atom is -0.494 e. The number of hydrogen-bond donors (Lipinski definition) is 0. The molecule has 3 aromatic rings. The second kappa shape index (κ2) is 9.89. The van der Waals surface area contributed by atoms with Crippen LogP contribution in [0.15, 0.2) is 54.7 Å². The molecule has 8 heteroatoms. The Balaban J connectivity index is 1.97. The van der Waals surface area contributed by atoms with E-state index in [0.717, 1.165) is 24.7 Å². The van der Waals surface area contributed by atoms with E-state index in [1.165, 1.54) is 10.5 Å². The summed E-state index contributed by atoms with van der Waals surface area (Å²) in [5.41, 5.74) is 1.65. The monoisotopic (exact) mass is 444 g/mol. The lowest BCUT2D eigenvalue weighted by molar-refractivity contribution is -0.137. The number of rotatable bonds is 8. The Labute approximate surface area is 186 Å². The number of benzene rings is 2. The van der Waals surface area contributed by atoms with Crippen molar-refractivity contribution in [3.63, 3.8) is 0 Å². The fraction of sp³-hybridized carbons (Fsp3) is 0.333. The first-order valence-electron chi connectivity index (χ1n) is 10.5. The van der Waals surface area contributed by atoms with Gasteiger partial charge in [0.1, 0.15) is 11.3 Å². The zero-order valence-corrected chi connectivity index (χ0v) is 18.6. The maximum atomic E-state index is 13.7. The van der Waals surface area contributed by atoms with Crippen molar-refractivity contribution >= 4 is 23.1 Å². The molecule has 2 aromatic carbocycles. The van der Waals surface area contributed by atoms with Gasteiger partial charge in [-0.05, 0) is 55.3 Å². The molecule has 0 spiro atoms. The van der Waals surface area contributed by atoms with Crippen LogP contribution in [-0.2, 0) is 12.6 Å². The number of aromatic nitrogens is 2. The molecule has 0 saturated heterocycles. The van der Waals surface area contributed by atoms with E-state index in [2.05, 4.69) is 16.9 Å². The summed E-state index contributed by atoms with van der Waals surface area (Å²) >= 11 is 0. The third-order valence-corrected chi connectivity index (χ3v) is 5.08. The normalized spacial score (nSPS) is 11.3. The van der Waals surface area contributed by atoms with Gasteiger partial charge in [-0.15, -0.1) is 0 Å². The highest BCUT2D eigenvalue weighted by Crippen LogP contribution is 2.38. The van der Waals surface area contributed by atoms with Gasteiger partial charge in [-0.3, -0.25) is 0 Å². The summed E-state index contributed by atoms with van der Waals surface area (Å²) in [4.78, 5) is 11.4. The van der Waals surface area contributed by atoms with Crippen molar-refractivity contribution in [1.82, 2.24) is 9.97 Å². The van der Waals surface area contributed by atoms with E-state index in [-0.39, 0.29) is 11.8 Å². The van der Waals surface area contributed by atoms with Gasteiger partial charge in [0.05, 0.1) is 6.61 Å². The number of halogens is 3. The summed E-state index contributed by atoms with van der Waals surface area (Å²) in [5.74, 6) is 0.602. The zero-order valence-electron chi connectivity index (χ0n) is 18.6. The van der Waals surface area contributed by atoms with E-state index < -0.39 is 11.7 Å². The number of hydrogen-bond acceptors (Lipinski definition) is 5. The highest BCUT2D eigenvalue weighted by Gasteiger charge is 2.37. The lowest BCUT2D eigenvalue weighted by Gasteiger charge is -2.25. The van der Waals surface area contributed by atoms with Gasteiger partial charge in [0, 0.05) is 31.7 Å². The summed E-state index contributed by atoms with van der Waals surface area (Å²) in [6.07, 6.45) is -1.74. The molecule has 0 aliphatic heterocycles. The summed E-state index contributed by atoms with van der Waals surface area (Å²) in [6, 6.07) is 14.7. The zero-order chi connectivity index (χ0) is 23.3. The van der Waals surface area contributed by atoms with Gasteiger partial charge in [-0.1, -0.05) is 25.5 Å². The summed E-state index contributed by atoms with van der Waals surface area (Å²) in [6.45, 7) is 4.48. The minimum absolute atomic E-state index is 0.175. The van der Waals surface area contributed by atoms with Gasteiger partial charge < -0.3 is 14.5 Å². The Kier molecular flexibility index (Phi) is 7.22. The van der Waals surface area contributed by atoms with Gasteiger partial charge in [0.25, 0.3) is 0 Å². The lowest BCUT2D eigenvalue weighted by Crippen LogP contribution is -2.21. The third-order valence-electron chi connectivity index (χ3n) is 5.08. The van der Waals surface area contributed by atoms with E-state index in [0.29, 0.717) is 18.0 Å².